The normalized spacial score (nSPS) is 19.3. The van der Waals surface area contributed by atoms with Crippen LogP contribution in [0.5, 0.6) is 0 Å². The maximum atomic E-state index is 12.6. The minimum absolute atomic E-state index is 0.0953. The summed E-state index contributed by atoms with van der Waals surface area (Å²) in [5.74, 6) is 0.0953. The first-order valence-corrected chi connectivity index (χ1v) is 7.54. The number of carbonyl (C=O) groups excluding carboxylic acids is 1. The summed E-state index contributed by atoms with van der Waals surface area (Å²) >= 11 is 1.48. The number of piperidine rings is 1. The van der Waals surface area contributed by atoms with E-state index in [1.807, 2.05) is 23.4 Å². The van der Waals surface area contributed by atoms with Gasteiger partial charge in [0.15, 0.2) is 0 Å². The van der Waals surface area contributed by atoms with Gasteiger partial charge in [0.05, 0.1) is 16.7 Å². The third kappa shape index (κ3) is 2.45. The molecular formula is C13H17N5OS. The van der Waals surface area contributed by atoms with E-state index >= 15 is 0 Å². The number of hydrogen-bond acceptors (Lipinski definition) is 5. The van der Waals surface area contributed by atoms with Crippen molar-refractivity contribution in [2.75, 3.05) is 13.1 Å². The van der Waals surface area contributed by atoms with Crippen LogP contribution in [0.1, 0.15) is 39.3 Å². The van der Waals surface area contributed by atoms with Gasteiger partial charge in [0, 0.05) is 13.1 Å². The van der Waals surface area contributed by atoms with E-state index in [2.05, 4.69) is 15.1 Å². The zero-order valence-electron chi connectivity index (χ0n) is 11.6. The number of aryl methyl sites for hydroxylation is 2. The molecule has 0 spiro atoms. The summed E-state index contributed by atoms with van der Waals surface area (Å²) in [7, 11) is 0. The van der Waals surface area contributed by atoms with Crippen LogP contribution in [0.15, 0.2) is 12.7 Å². The molecule has 1 amide bonds. The fourth-order valence-corrected chi connectivity index (χ4v) is 3.52. The Labute approximate surface area is 121 Å². The summed E-state index contributed by atoms with van der Waals surface area (Å²) in [6.07, 6.45) is 5.29. The highest BCUT2D eigenvalue weighted by atomic mass is 32.1. The third-order valence-corrected chi connectivity index (χ3v) is 4.65. The van der Waals surface area contributed by atoms with Gasteiger partial charge in [0.2, 0.25) is 0 Å². The number of carbonyl (C=O) groups is 1. The number of nitrogens with zero attached hydrogens (tertiary/aromatic N) is 5. The molecule has 1 aliphatic heterocycles. The molecule has 1 atom stereocenters. The van der Waals surface area contributed by atoms with Gasteiger partial charge in [-0.2, -0.15) is 5.10 Å². The summed E-state index contributed by atoms with van der Waals surface area (Å²) in [6, 6.07) is 0.226. The van der Waals surface area contributed by atoms with Gasteiger partial charge in [-0.1, -0.05) is 0 Å². The number of hydrogen-bond donors (Lipinski definition) is 0. The molecule has 3 rings (SSSR count). The van der Waals surface area contributed by atoms with Crippen molar-refractivity contribution in [3.05, 3.63) is 28.2 Å². The van der Waals surface area contributed by atoms with E-state index in [1.165, 1.54) is 17.7 Å². The minimum atomic E-state index is 0.0953. The molecule has 1 fully saturated rings. The van der Waals surface area contributed by atoms with Gasteiger partial charge in [-0.25, -0.2) is 14.6 Å². The average molecular weight is 291 g/mol. The molecule has 0 unspecified atom stereocenters. The first kappa shape index (κ1) is 13.2. The van der Waals surface area contributed by atoms with E-state index in [9.17, 15) is 4.79 Å². The Balaban J connectivity index is 1.77. The van der Waals surface area contributed by atoms with Gasteiger partial charge in [0.25, 0.3) is 5.91 Å². The maximum Gasteiger partial charge on any atom is 0.265 e. The first-order valence-electron chi connectivity index (χ1n) is 6.72. The highest BCUT2D eigenvalue weighted by molar-refractivity contribution is 7.13. The lowest BCUT2D eigenvalue weighted by Gasteiger charge is -2.32. The standard InChI is InChI=1S/C13H17N5OS/c1-9-12(20-10(2)16-9)13(19)17-5-3-4-11(6-17)18-8-14-7-15-18/h7-8,11H,3-6H2,1-2H3/t11-/m0/s1. The highest BCUT2D eigenvalue weighted by Gasteiger charge is 2.27. The summed E-state index contributed by atoms with van der Waals surface area (Å²) in [5.41, 5.74) is 0.834. The number of likely N-dealkylation sites (tertiary alicyclic amines) is 1. The molecule has 0 N–H and O–H groups in total. The predicted octanol–water partition coefficient (Wildman–Crippen LogP) is 1.83. The number of thiazole rings is 1. The van der Waals surface area contributed by atoms with Gasteiger partial charge >= 0.3 is 0 Å². The van der Waals surface area contributed by atoms with Crippen molar-refractivity contribution < 1.29 is 4.79 Å². The molecule has 0 bridgehead atoms. The quantitative estimate of drug-likeness (QED) is 0.847. The van der Waals surface area contributed by atoms with Crippen LogP contribution in [-0.2, 0) is 0 Å². The average Bonchev–Trinajstić information content (AvgIpc) is 3.08. The van der Waals surface area contributed by atoms with Crippen molar-refractivity contribution in [2.24, 2.45) is 0 Å². The molecule has 106 valence electrons. The smallest absolute Gasteiger partial charge is 0.265 e. The topological polar surface area (TPSA) is 63.9 Å². The van der Waals surface area contributed by atoms with Gasteiger partial charge in [0.1, 0.15) is 17.5 Å². The largest absolute Gasteiger partial charge is 0.336 e. The highest BCUT2D eigenvalue weighted by Crippen LogP contribution is 2.25. The fourth-order valence-electron chi connectivity index (χ4n) is 2.63. The lowest BCUT2D eigenvalue weighted by atomic mass is 10.1. The van der Waals surface area contributed by atoms with E-state index in [1.54, 1.807) is 6.33 Å². The van der Waals surface area contributed by atoms with Crippen LogP contribution in [-0.4, -0.2) is 43.6 Å². The van der Waals surface area contributed by atoms with Crippen LogP contribution in [0.3, 0.4) is 0 Å². The predicted molar refractivity (Wildman–Crippen MR) is 75.8 cm³/mol. The van der Waals surface area contributed by atoms with Crippen LogP contribution in [0, 0.1) is 13.8 Å². The molecule has 2 aromatic heterocycles. The lowest BCUT2D eigenvalue weighted by Crippen LogP contribution is -2.40. The van der Waals surface area contributed by atoms with Crippen molar-refractivity contribution in [3.63, 3.8) is 0 Å². The summed E-state index contributed by atoms with van der Waals surface area (Å²) in [4.78, 5) is 23.6. The van der Waals surface area contributed by atoms with Crippen LogP contribution < -0.4 is 0 Å². The van der Waals surface area contributed by atoms with Gasteiger partial charge in [-0.15, -0.1) is 11.3 Å². The molecule has 20 heavy (non-hydrogen) atoms. The van der Waals surface area contributed by atoms with Crippen LogP contribution in [0.25, 0.3) is 0 Å². The molecule has 1 saturated heterocycles. The molecule has 0 radical (unpaired) electrons. The van der Waals surface area contributed by atoms with Crippen molar-refractivity contribution in [2.45, 2.75) is 32.7 Å². The number of amides is 1. The molecule has 0 aliphatic carbocycles. The van der Waals surface area contributed by atoms with Crippen LogP contribution >= 0.6 is 11.3 Å². The zero-order chi connectivity index (χ0) is 14.1. The van der Waals surface area contributed by atoms with Gasteiger partial charge in [-0.05, 0) is 26.7 Å². The Morgan fingerprint density at radius 1 is 1.45 bits per heavy atom. The summed E-state index contributed by atoms with van der Waals surface area (Å²) < 4.78 is 1.85. The monoisotopic (exact) mass is 291 g/mol. The summed E-state index contributed by atoms with van der Waals surface area (Å²) in [6.45, 7) is 5.33. The number of aromatic nitrogens is 4. The Bertz CT molecular complexity index is 606. The Morgan fingerprint density at radius 3 is 2.95 bits per heavy atom. The molecule has 6 nitrogen and oxygen atoms in total. The van der Waals surface area contributed by atoms with Crippen molar-refractivity contribution >= 4 is 17.2 Å². The second-order valence-corrected chi connectivity index (χ2v) is 6.27. The zero-order valence-corrected chi connectivity index (χ0v) is 12.4. The molecule has 7 heteroatoms. The summed E-state index contributed by atoms with van der Waals surface area (Å²) in [5, 5.41) is 5.13. The molecule has 0 aromatic carbocycles. The Hall–Kier alpha value is -1.76. The fraction of sp³-hybridized carbons (Fsp3) is 0.538. The lowest BCUT2D eigenvalue weighted by molar-refractivity contribution is 0.0676. The van der Waals surface area contributed by atoms with E-state index in [4.69, 9.17) is 0 Å². The number of rotatable bonds is 2. The maximum absolute atomic E-state index is 12.6. The third-order valence-electron chi connectivity index (χ3n) is 3.59. The van der Waals surface area contributed by atoms with E-state index in [-0.39, 0.29) is 11.9 Å². The second-order valence-electron chi connectivity index (χ2n) is 5.07. The van der Waals surface area contributed by atoms with Crippen molar-refractivity contribution in [1.82, 2.24) is 24.6 Å². The van der Waals surface area contributed by atoms with Crippen LogP contribution in [0.2, 0.25) is 0 Å². The van der Waals surface area contributed by atoms with E-state index < -0.39 is 0 Å². The van der Waals surface area contributed by atoms with Gasteiger partial charge in [-0.3, -0.25) is 4.79 Å². The Kier molecular flexibility index (Phi) is 3.52. The SMILES string of the molecule is Cc1nc(C)c(C(=O)N2CCC[C@H](n3cncn3)C2)s1. The van der Waals surface area contributed by atoms with Crippen LogP contribution in [0.4, 0.5) is 0 Å². The van der Waals surface area contributed by atoms with Crippen molar-refractivity contribution in [3.8, 4) is 0 Å². The molecule has 1 aliphatic rings. The molecule has 0 saturated carbocycles. The first-order chi connectivity index (χ1) is 9.65. The Morgan fingerprint density at radius 2 is 2.30 bits per heavy atom. The molecule has 2 aromatic rings. The van der Waals surface area contributed by atoms with Crippen molar-refractivity contribution in [1.29, 1.82) is 0 Å². The van der Waals surface area contributed by atoms with E-state index in [0.717, 1.165) is 35.0 Å². The van der Waals surface area contributed by atoms with Gasteiger partial charge < -0.3 is 4.90 Å². The molecule has 3 heterocycles. The molecular weight excluding hydrogens is 274 g/mol. The minimum Gasteiger partial charge on any atom is -0.336 e. The van der Waals surface area contributed by atoms with E-state index in [0.29, 0.717) is 6.54 Å². The second kappa shape index (κ2) is 5.32.